The molecule has 1 rings (SSSR count). The molecule has 0 spiro atoms. The Labute approximate surface area is 93.2 Å². The molecular formula is C12H25NO2. The van der Waals surface area contributed by atoms with Crippen molar-refractivity contribution in [2.75, 3.05) is 19.7 Å². The van der Waals surface area contributed by atoms with Gasteiger partial charge in [-0.2, -0.15) is 0 Å². The predicted molar refractivity (Wildman–Crippen MR) is 62.0 cm³/mol. The molecule has 1 atom stereocenters. The van der Waals surface area contributed by atoms with Crippen LogP contribution >= 0.6 is 0 Å². The first-order valence-corrected chi connectivity index (χ1v) is 6.33. The number of hydrogen-bond donors (Lipinski definition) is 2. The second kappa shape index (κ2) is 8.08. The zero-order valence-electron chi connectivity index (χ0n) is 9.87. The van der Waals surface area contributed by atoms with E-state index < -0.39 is 0 Å². The van der Waals surface area contributed by atoms with Crippen LogP contribution < -0.4 is 5.32 Å². The molecule has 3 nitrogen and oxygen atoms in total. The van der Waals surface area contributed by atoms with Crippen LogP contribution in [0.1, 0.15) is 45.4 Å². The van der Waals surface area contributed by atoms with Gasteiger partial charge in [0.2, 0.25) is 0 Å². The third-order valence-corrected chi connectivity index (χ3v) is 2.96. The Morgan fingerprint density at radius 1 is 1.27 bits per heavy atom. The molecule has 0 bridgehead atoms. The second-order valence-electron chi connectivity index (χ2n) is 4.41. The van der Waals surface area contributed by atoms with Gasteiger partial charge in [0.1, 0.15) is 0 Å². The minimum Gasteiger partial charge on any atom is -0.389 e. The molecule has 90 valence electrons. The molecule has 1 fully saturated rings. The van der Waals surface area contributed by atoms with Gasteiger partial charge < -0.3 is 15.2 Å². The molecule has 0 saturated heterocycles. The van der Waals surface area contributed by atoms with Gasteiger partial charge in [0.05, 0.1) is 18.8 Å². The lowest BCUT2D eigenvalue weighted by Crippen LogP contribution is -2.31. The van der Waals surface area contributed by atoms with Crippen molar-refractivity contribution in [3.63, 3.8) is 0 Å². The summed E-state index contributed by atoms with van der Waals surface area (Å²) < 4.78 is 5.73. The lowest BCUT2D eigenvalue weighted by atomic mass is 10.1. The second-order valence-corrected chi connectivity index (χ2v) is 4.41. The molecule has 2 N–H and O–H groups in total. The minimum absolute atomic E-state index is 0.354. The molecule has 0 aromatic carbocycles. The highest BCUT2D eigenvalue weighted by atomic mass is 16.5. The largest absolute Gasteiger partial charge is 0.389 e. The highest BCUT2D eigenvalue weighted by molar-refractivity contribution is 4.66. The van der Waals surface area contributed by atoms with Crippen LogP contribution in [0.15, 0.2) is 0 Å². The van der Waals surface area contributed by atoms with Crippen LogP contribution in [0.5, 0.6) is 0 Å². The van der Waals surface area contributed by atoms with Gasteiger partial charge in [0.15, 0.2) is 0 Å². The summed E-state index contributed by atoms with van der Waals surface area (Å²) in [6, 6.07) is 0. The van der Waals surface area contributed by atoms with Crippen molar-refractivity contribution < 1.29 is 9.84 Å². The number of aliphatic hydroxyl groups excluding tert-OH is 1. The normalized spacial score (nSPS) is 21.2. The fourth-order valence-electron chi connectivity index (χ4n) is 2.03. The summed E-state index contributed by atoms with van der Waals surface area (Å²) in [5, 5.41) is 12.7. The monoisotopic (exact) mass is 215 g/mol. The highest BCUT2D eigenvalue weighted by Crippen LogP contribution is 2.19. The van der Waals surface area contributed by atoms with E-state index in [2.05, 4.69) is 5.32 Å². The Hall–Kier alpha value is -0.120. The van der Waals surface area contributed by atoms with Crippen LogP contribution in [0, 0.1) is 0 Å². The maximum Gasteiger partial charge on any atom is 0.0897 e. The molecule has 1 aliphatic carbocycles. The van der Waals surface area contributed by atoms with Crippen molar-refractivity contribution in [1.29, 1.82) is 0 Å². The van der Waals surface area contributed by atoms with E-state index in [4.69, 9.17) is 4.74 Å². The zero-order chi connectivity index (χ0) is 10.9. The SMILES string of the molecule is CCNCC(O)COC1CCCCCC1. The molecule has 1 unspecified atom stereocenters. The number of rotatable bonds is 6. The van der Waals surface area contributed by atoms with Gasteiger partial charge in [-0.1, -0.05) is 32.6 Å². The average Bonchev–Trinajstić information content (AvgIpc) is 2.51. The van der Waals surface area contributed by atoms with Crippen molar-refractivity contribution in [1.82, 2.24) is 5.32 Å². The van der Waals surface area contributed by atoms with Crippen LogP contribution in [0.25, 0.3) is 0 Å². The van der Waals surface area contributed by atoms with E-state index in [9.17, 15) is 5.11 Å². The maximum atomic E-state index is 9.59. The molecule has 0 amide bonds. The van der Waals surface area contributed by atoms with Crippen molar-refractivity contribution >= 4 is 0 Å². The van der Waals surface area contributed by atoms with Crippen molar-refractivity contribution in [2.24, 2.45) is 0 Å². The average molecular weight is 215 g/mol. The van der Waals surface area contributed by atoms with Crippen LogP contribution in [0.4, 0.5) is 0 Å². The molecule has 0 aliphatic heterocycles. The topological polar surface area (TPSA) is 41.5 Å². The number of likely N-dealkylation sites (N-methyl/N-ethyl adjacent to an activating group) is 1. The molecule has 15 heavy (non-hydrogen) atoms. The first kappa shape index (κ1) is 12.9. The Kier molecular flexibility index (Phi) is 6.98. The molecule has 0 heterocycles. The summed E-state index contributed by atoms with van der Waals surface area (Å²) in [5.41, 5.74) is 0. The Bertz CT molecular complexity index is 145. The summed E-state index contributed by atoms with van der Waals surface area (Å²) in [5.74, 6) is 0. The number of hydrogen-bond acceptors (Lipinski definition) is 3. The van der Waals surface area contributed by atoms with Crippen molar-refractivity contribution in [3.05, 3.63) is 0 Å². The van der Waals surface area contributed by atoms with Gasteiger partial charge in [-0.05, 0) is 19.4 Å². The third kappa shape index (κ3) is 6.13. The fraction of sp³-hybridized carbons (Fsp3) is 1.00. The van der Waals surface area contributed by atoms with E-state index in [0.29, 0.717) is 19.3 Å². The lowest BCUT2D eigenvalue weighted by Gasteiger charge is -2.18. The number of aliphatic hydroxyl groups is 1. The van der Waals surface area contributed by atoms with Crippen LogP contribution in [0.2, 0.25) is 0 Å². The molecule has 3 heteroatoms. The summed E-state index contributed by atoms with van der Waals surface area (Å²) in [7, 11) is 0. The zero-order valence-corrected chi connectivity index (χ0v) is 9.87. The molecule has 0 aromatic heterocycles. The van der Waals surface area contributed by atoms with E-state index in [-0.39, 0.29) is 6.10 Å². The molecule has 1 saturated carbocycles. The quantitative estimate of drug-likeness (QED) is 0.663. The van der Waals surface area contributed by atoms with Crippen LogP contribution in [0.3, 0.4) is 0 Å². The van der Waals surface area contributed by atoms with Gasteiger partial charge in [-0.15, -0.1) is 0 Å². The minimum atomic E-state index is -0.354. The van der Waals surface area contributed by atoms with Gasteiger partial charge in [-0.25, -0.2) is 0 Å². The van der Waals surface area contributed by atoms with E-state index >= 15 is 0 Å². The van der Waals surface area contributed by atoms with E-state index in [0.717, 1.165) is 6.54 Å². The summed E-state index contributed by atoms with van der Waals surface area (Å²) in [6.45, 7) is 4.07. The van der Waals surface area contributed by atoms with Gasteiger partial charge in [0, 0.05) is 6.54 Å². The Morgan fingerprint density at radius 3 is 2.53 bits per heavy atom. The van der Waals surface area contributed by atoms with Crippen molar-refractivity contribution in [2.45, 2.75) is 57.7 Å². The first-order chi connectivity index (χ1) is 7.33. The highest BCUT2D eigenvalue weighted by Gasteiger charge is 2.14. The van der Waals surface area contributed by atoms with E-state index in [1.54, 1.807) is 0 Å². The smallest absolute Gasteiger partial charge is 0.0897 e. The van der Waals surface area contributed by atoms with E-state index in [1.165, 1.54) is 38.5 Å². The Morgan fingerprint density at radius 2 is 1.93 bits per heavy atom. The maximum absolute atomic E-state index is 9.59. The standard InChI is InChI=1S/C12H25NO2/c1-2-13-9-11(14)10-15-12-7-5-3-4-6-8-12/h11-14H,2-10H2,1H3. The molecular weight excluding hydrogens is 190 g/mol. The van der Waals surface area contributed by atoms with Gasteiger partial charge in [-0.3, -0.25) is 0 Å². The lowest BCUT2D eigenvalue weighted by molar-refractivity contribution is -0.0141. The van der Waals surface area contributed by atoms with Crippen LogP contribution in [-0.4, -0.2) is 37.0 Å². The van der Waals surface area contributed by atoms with E-state index in [1.807, 2.05) is 6.92 Å². The van der Waals surface area contributed by atoms with Gasteiger partial charge >= 0.3 is 0 Å². The fourth-order valence-corrected chi connectivity index (χ4v) is 2.03. The molecule has 0 aromatic rings. The third-order valence-electron chi connectivity index (χ3n) is 2.96. The van der Waals surface area contributed by atoms with Crippen molar-refractivity contribution in [3.8, 4) is 0 Å². The first-order valence-electron chi connectivity index (χ1n) is 6.33. The van der Waals surface area contributed by atoms with Gasteiger partial charge in [0.25, 0.3) is 0 Å². The number of ether oxygens (including phenoxy) is 1. The summed E-state index contributed by atoms with van der Waals surface area (Å²) in [6.07, 6.45) is 7.65. The molecule has 1 aliphatic rings. The predicted octanol–water partition coefficient (Wildman–Crippen LogP) is 1.70. The number of nitrogens with one attached hydrogen (secondary N) is 1. The van der Waals surface area contributed by atoms with Crippen LogP contribution in [-0.2, 0) is 4.74 Å². The molecule has 0 radical (unpaired) electrons. The Balaban J connectivity index is 2.06. The summed E-state index contributed by atoms with van der Waals surface area (Å²) >= 11 is 0. The summed E-state index contributed by atoms with van der Waals surface area (Å²) in [4.78, 5) is 0.